The highest BCUT2D eigenvalue weighted by atomic mass is 32.1. The molecule has 0 saturated heterocycles. The maximum absolute atomic E-state index is 12.2. The molecular formula is C23H27N3O6S. The molecule has 2 aliphatic carbocycles. The first kappa shape index (κ1) is 23.0. The number of rotatable bonds is 8. The van der Waals surface area contributed by atoms with E-state index in [0.29, 0.717) is 5.13 Å². The number of hydrogen-bond acceptors (Lipinski definition) is 8. The predicted octanol–water partition coefficient (Wildman–Crippen LogP) is 3.89. The Morgan fingerprint density at radius 1 is 1.12 bits per heavy atom. The minimum absolute atomic E-state index is 0.0727. The van der Waals surface area contributed by atoms with Crippen molar-refractivity contribution < 1.29 is 28.6 Å². The third-order valence-electron chi connectivity index (χ3n) is 5.83. The van der Waals surface area contributed by atoms with Crippen molar-refractivity contribution in [3.8, 4) is 5.88 Å². The Morgan fingerprint density at radius 2 is 1.85 bits per heavy atom. The van der Waals surface area contributed by atoms with Gasteiger partial charge in [-0.15, -0.1) is 0 Å². The normalized spacial score (nSPS) is 23.1. The first-order valence-electron chi connectivity index (χ1n) is 11.0. The van der Waals surface area contributed by atoms with Gasteiger partial charge in [-0.25, -0.2) is 9.59 Å². The quantitative estimate of drug-likeness (QED) is 0.559. The van der Waals surface area contributed by atoms with Gasteiger partial charge >= 0.3 is 12.1 Å². The lowest BCUT2D eigenvalue weighted by molar-refractivity contribution is -0.114. The fourth-order valence-corrected chi connectivity index (χ4v) is 5.26. The highest BCUT2D eigenvalue weighted by molar-refractivity contribution is 7.17. The number of nitrogens with one attached hydrogen (secondary N) is 2. The van der Waals surface area contributed by atoms with Gasteiger partial charge in [-0.2, -0.15) is 4.98 Å². The van der Waals surface area contributed by atoms with Gasteiger partial charge in [-0.3, -0.25) is 4.79 Å². The van der Waals surface area contributed by atoms with E-state index in [0.717, 1.165) is 42.6 Å². The predicted molar refractivity (Wildman–Crippen MR) is 121 cm³/mol. The largest absolute Gasteiger partial charge is 0.473 e. The van der Waals surface area contributed by atoms with Gasteiger partial charge in [0.25, 0.3) is 0 Å². The maximum Gasteiger partial charge on any atom is 0.407 e. The summed E-state index contributed by atoms with van der Waals surface area (Å²) in [5, 5.41) is 5.81. The zero-order valence-electron chi connectivity index (χ0n) is 18.6. The van der Waals surface area contributed by atoms with Gasteiger partial charge in [-0.05, 0) is 43.6 Å². The summed E-state index contributed by atoms with van der Waals surface area (Å²) in [5.41, 5.74) is 1.09. The summed E-state index contributed by atoms with van der Waals surface area (Å²) in [5.74, 6) is -0.596. The van der Waals surface area contributed by atoms with E-state index in [2.05, 4.69) is 15.6 Å². The van der Waals surface area contributed by atoms with Crippen molar-refractivity contribution in [1.29, 1.82) is 0 Å². The number of amides is 2. The SMILES string of the molecule is CCOC(=O)c1sc(NC(C)=O)nc1OC1CC2(CC(NC(=O)OCc3ccccc3)C2)C1. The number of aromatic nitrogens is 1. The van der Waals surface area contributed by atoms with Gasteiger partial charge in [0.1, 0.15) is 12.7 Å². The zero-order valence-corrected chi connectivity index (χ0v) is 19.4. The molecule has 9 nitrogen and oxygen atoms in total. The molecule has 0 atom stereocenters. The molecule has 2 saturated carbocycles. The van der Waals surface area contributed by atoms with E-state index >= 15 is 0 Å². The summed E-state index contributed by atoms with van der Waals surface area (Å²) < 4.78 is 16.3. The van der Waals surface area contributed by atoms with E-state index < -0.39 is 12.1 Å². The second-order valence-corrected chi connectivity index (χ2v) is 9.51. The number of nitrogens with zero attached hydrogens (tertiary/aromatic N) is 1. The monoisotopic (exact) mass is 473 g/mol. The number of carbonyl (C=O) groups is 3. The lowest BCUT2D eigenvalue weighted by Crippen LogP contribution is -2.58. The second-order valence-electron chi connectivity index (χ2n) is 8.51. The van der Waals surface area contributed by atoms with Crippen molar-refractivity contribution in [2.24, 2.45) is 5.41 Å². The van der Waals surface area contributed by atoms with Crippen LogP contribution >= 0.6 is 11.3 Å². The lowest BCUT2D eigenvalue weighted by atomic mass is 9.53. The second kappa shape index (κ2) is 9.78. The van der Waals surface area contributed by atoms with Crippen LogP contribution in [0, 0.1) is 5.41 Å². The Morgan fingerprint density at radius 3 is 2.52 bits per heavy atom. The minimum atomic E-state index is -0.516. The van der Waals surface area contributed by atoms with Gasteiger partial charge in [0, 0.05) is 13.0 Å². The Hall–Kier alpha value is -3.14. The van der Waals surface area contributed by atoms with Crippen LogP contribution in [0.2, 0.25) is 0 Å². The number of hydrogen-bond donors (Lipinski definition) is 2. The van der Waals surface area contributed by atoms with Crippen LogP contribution in [0.1, 0.15) is 54.8 Å². The number of esters is 1. The van der Waals surface area contributed by atoms with Crippen LogP contribution in [-0.4, -0.2) is 41.7 Å². The molecule has 1 heterocycles. The molecule has 0 unspecified atom stereocenters. The topological polar surface area (TPSA) is 116 Å². The summed E-state index contributed by atoms with van der Waals surface area (Å²) in [6, 6.07) is 9.65. The molecule has 1 aromatic carbocycles. The molecule has 2 aliphatic rings. The lowest BCUT2D eigenvalue weighted by Gasteiger charge is -2.56. The summed E-state index contributed by atoms with van der Waals surface area (Å²) in [6.07, 6.45) is 2.90. The zero-order chi connectivity index (χ0) is 23.4. The molecule has 33 heavy (non-hydrogen) atoms. The van der Waals surface area contributed by atoms with Gasteiger partial charge in [0.2, 0.25) is 11.8 Å². The van der Waals surface area contributed by atoms with Crippen LogP contribution in [0.4, 0.5) is 9.93 Å². The fourth-order valence-electron chi connectivity index (χ4n) is 4.42. The molecular weight excluding hydrogens is 446 g/mol. The fraction of sp³-hybridized carbons (Fsp3) is 0.478. The molecule has 4 rings (SSSR count). The van der Waals surface area contributed by atoms with Crippen LogP contribution in [0.3, 0.4) is 0 Å². The highest BCUT2D eigenvalue weighted by Crippen LogP contribution is 2.57. The Balaban J connectivity index is 1.23. The van der Waals surface area contributed by atoms with Crippen LogP contribution in [0.25, 0.3) is 0 Å². The van der Waals surface area contributed by atoms with Gasteiger partial charge < -0.3 is 24.8 Å². The number of alkyl carbamates (subject to hydrolysis) is 1. The van der Waals surface area contributed by atoms with E-state index in [9.17, 15) is 14.4 Å². The van der Waals surface area contributed by atoms with E-state index in [4.69, 9.17) is 14.2 Å². The van der Waals surface area contributed by atoms with E-state index in [1.54, 1.807) is 6.92 Å². The number of carbonyl (C=O) groups excluding carboxylic acids is 3. The standard InChI is InChI=1S/C23H27N3O6S/c1-3-30-20(28)18-19(26-21(33-18)24-14(2)27)32-17-11-23(12-17)9-16(10-23)25-22(29)31-13-15-7-5-4-6-8-15/h4-8,16-17H,3,9-13H2,1-2H3,(H,25,29)(H,24,26,27). The van der Waals surface area contributed by atoms with Crippen LogP contribution in [0.15, 0.2) is 30.3 Å². The molecule has 1 aromatic heterocycles. The van der Waals surface area contributed by atoms with Gasteiger partial charge in [0.05, 0.1) is 6.61 Å². The Labute approximate surface area is 195 Å². The molecule has 1 spiro atoms. The van der Waals surface area contributed by atoms with Crippen molar-refractivity contribution in [1.82, 2.24) is 10.3 Å². The number of ether oxygens (including phenoxy) is 3. The van der Waals surface area contributed by atoms with Crippen molar-refractivity contribution in [3.05, 3.63) is 40.8 Å². The maximum atomic E-state index is 12.2. The van der Waals surface area contributed by atoms with Crippen molar-refractivity contribution in [3.63, 3.8) is 0 Å². The summed E-state index contributed by atoms with van der Waals surface area (Å²) in [4.78, 5) is 40.1. The van der Waals surface area contributed by atoms with Crippen LogP contribution in [-0.2, 0) is 20.9 Å². The Bertz CT molecular complexity index is 1010. The molecule has 2 fully saturated rings. The molecule has 2 aromatic rings. The van der Waals surface area contributed by atoms with Crippen molar-refractivity contribution >= 4 is 34.4 Å². The average Bonchev–Trinajstić information content (AvgIpc) is 3.11. The van der Waals surface area contributed by atoms with Crippen molar-refractivity contribution in [2.75, 3.05) is 11.9 Å². The number of thiazole rings is 1. The van der Waals surface area contributed by atoms with E-state index in [1.165, 1.54) is 6.92 Å². The van der Waals surface area contributed by atoms with Gasteiger partial charge in [0.15, 0.2) is 10.0 Å². The van der Waals surface area contributed by atoms with Crippen molar-refractivity contribution in [2.45, 2.75) is 58.3 Å². The smallest absolute Gasteiger partial charge is 0.407 e. The molecule has 2 N–H and O–H groups in total. The summed E-state index contributed by atoms with van der Waals surface area (Å²) in [6.45, 7) is 3.58. The molecule has 0 radical (unpaired) electrons. The summed E-state index contributed by atoms with van der Waals surface area (Å²) >= 11 is 1.04. The Kier molecular flexibility index (Phi) is 6.83. The minimum Gasteiger partial charge on any atom is -0.473 e. The first-order valence-corrected chi connectivity index (χ1v) is 11.8. The molecule has 0 aliphatic heterocycles. The van der Waals surface area contributed by atoms with E-state index in [1.807, 2.05) is 30.3 Å². The average molecular weight is 474 g/mol. The highest BCUT2D eigenvalue weighted by Gasteiger charge is 2.54. The summed E-state index contributed by atoms with van der Waals surface area (Å²) in [7, 11) is 0. The van der Waals surface area contributed by atoms with Crippen LogP contribution < -0.4 is 15.4 Å². The van der Waals surface area contributed by atoms with Gasteiger partial charge in [-0.1, -0.05) is 41.7 Å². The molecule has 2 amide bonds. The number of anilines is 1. The third-order valence-corrected chi connectivity index (χ3v) is 6.77. The molecule has 0 bridgehead atoms. The van der Waals surface area contributed by atoms with E-state index in [-0.39, 0.29) is 47.4 Å². The number of benzene rings is 1. The molecule has 176 valence electrons. The van der Waals surface area contributed by atoms with Crippen LogP contribution in [0.5, 0.6) is 5.88 Å². The molecule has 10 heteroatoms. The third kappa shape index (κ3) is 5.62. The first-order chi connectivity index (χ1) is 15.9.